The highest BCUT2D eigenvalue weighted by Crippen LogP contribution is 2.19. The fourth-order valence-electron chi connectivity index (χ4n) is 1.35. The van der Waals surface area contributed by atoms with Crippen LogP contribution in [-0.2, 0) is 0 Å². The molecule has 0 aromatic rings. The molecule has 0 saturated carbocycles. The van der Waals surface area contributed by atoms with E-state index in [-0.39, 0.29) is 5.83 Å². The number of hydrogen-bond donors (Lipinski definition) is 0. The maximum Gasteiger partial charge on any atom is 0.164 e. The van der Waals surface area contributed by atoms with Crippen LogP contribution >= 0.6 is 0 Å². The lowest BCUT2D eigenvalue weighted by Gasteiger charge is -2.16. The van der Waals surface area contributed by atoms with Gasteiger partial charge >= 0.3 is 0 Å². The smallest absolute Gasteiger partial charge is 0.164 e. The van der Waals surface area contributed by atoms with Crippen molar-refractivity contribution in [2.24, 2.45) is 4.99 Å². The van der Waals surface area contributed by atoms with Crippen molar-refractivity contribution in [1.29, 1.82) is 0 Å². The summed E-state index contributed by atoms with van der Waals surface area (Å²) < 4.78 is 13.0. The fraction of sp³-hybridized carbons (Fsp3) is 0.444. The van der Waals surface area contributed by atoms with Gasteiger partial charge < -0.3 is 4.90 Å². The lowest BCUT2D eigenvalue weighted by molar-refractivity contribution is 0.403. The number of nitrogens with zero attached hydrogens (tertiary/aromatic N) is 2. The zero-order chi connectivity index (χ0) is 8.97. The third-order valence-electron chi connectivity index (χ3n) is 1.95. The lowest BCUT2D eigenvalue weighted by atomic mass is 10.4. The quantitative estimate of drug-likeness (QED) is 0.465. The second-order valence-electron chi connectivity index (χ2n) is 2.73. The van der Waals surface area contributed by atoms with Gasteiger partial charge in [-0.1, -0.05) is 6.58 Å². The molecule has 66 valence electrons. The molecule has 0 aromatic carbocycles. The van der Waals surface area contributed by atoms with Crippen LogP contribution in [0.2, 0.25) is 0 Å². The number of halogens is 1. The highest BCUT2D eigenvalue weighted by molar-refractivity contribution is 5.31. The van der Waals surface area contributed by atoms with Gasteiger partial charge in [0, 0.05) is 13.1 Å². The fourth-order valence-corrected chi connectivity index (χ4v) is 1.35. The van der Waals surface area contributed by atoms with Crippen LogP contribution in [-0.4, -0.2) is 24.7 Å². The van der Waals surface area contributed by atoms with Gasteiger partial charge in [0.05, 0.1) is 0 Å². The van der Waals surface area contributed by atoms with E-state index in [4.69, 9.17) is 0 Å². The van der Waals surface area contributed by atoms with Crippen LogP contribution in [0.5, 0.6) is 0 Å². The molecule has 3 heteroatoms. The number of rotatable bonds is 3. The molecular weight excluding hydrogens is 155 g/mol. The zero-order valence-corrected chi connectivity index (χ0v) is 7.09. The molecular formula is C9H13FN2. The minimum Gasteiger partial charge on any atom is -0.354 e. The average Bonchev–Trinajstić information content (AvgIpc) is 2.58. The number of aliphatic imine (C=N–C) groups is 1. The van der Waals surface area contributed by atoms with E-state index in [1.165, 1.54) is 6.08 Å². The molecule has 1 rings (SSSR count). The highest BCUT2D eigenvalue weighted by atomic mass is 19.1. The maximum atomic E-state index is 13.0. The van der Waals surface area contributed by atoms with Crippen molar-refractivity contribution < 1.29 is 4.39 Å². The molecule has 0 bridgehead atoms. The summed E-state index contributed by atoms with van der Waals surface area (Å²) in [6.45, 7) is 8.43. The van der Waals surface area contributed by atoms with Gasteiger partial charge in [-0.15, -0.1) is 0 Å². The summed E-state index contributed by atoms with van der Waals surface area (Å²) in [5, 5.41) is 0. The van der Waals surface area contributed by atoms with E-state index in [1.807, 2.05) is 4.90 Å². The van der Waals surface area contributed by atoms with Crippen LogP contribution in [0.15, 0.2) is 29.3 Å². The molecule has 1 fully saturated rings. The summed E-state index contributed by atoms with van der Waals surface area (Å²) >= 11 is 0. The second kappa shape index (κ2) is 4.04. The van der Waals surface area contributed by atoms with Crippen LogP contribution in [0, 0.1) is 0 Å². The average molecular weight is 168 g/mol. The van der Waals surface area contributed by atoms with E-state index in [0.717, 1.165) is 25.9 Å². The SMILES string of the molecule is C=C/C(F)=C(\N=C)N1CCCC1. The van der Waals surface area contributed by atoms with E-state index in [1.54, 1.807) is 0 Å². The lowest BCUT2D eigenvalue weighted by Crippen LogP contribution is -2.17. The Morgan fingerprint density at radius 3 is 2.42 bits per heavy atom. The number of hydrogen-bond acceptors (Lipinski definition) is 2. The number of allylic oxidation sites excluding steroid dienone is 2. The molecule has 0 unspecified atom stereocenters. The highest BCUT2D eigenvalue weighted by Gasteiger charge is 2.16. The summed E-state index contributed by atoms with van der Waals surface area (Å²) in [6.07, 6.45) is 3.37. The Morgan fingerprint density at radius 2 is 2.00 bits per heavy atom. The summed E-state index contributed by atoms with van der Waals surface area (Å²) in [5.74, 6) is -0.0469. The van der Waals surface area contributed by atoms with Crippen LogP contribution in [0.1, 0.15) is 12.8 Å². The first-order valence-electron chi connectivity index (χ1n) is 4.03. The molecule has 0 radical (unpaired) electrons. The van der Waals surface area contributed by atoms with Gasteiger partial charge in [-0.25, -0.2) is 9.38 Å². The summed E-state index contributed by atoms with van der Waals surface area (Å²) in [7, 11) is 0. The minimum absolute atomic E-state index is 0.336. The van der Waals surface area contributed by atoms with Gasteiger partial charge in [-0.3, -0.25) is 0 Å². The van der Waals surface area contributed by atoms with Gasteiger partial charge in [-0.05, 0) is 25.6 Å². The Bertz CT molecular complexity index is 215. The summed E-state index contributed by atoms with van der Waals surface area (Å²) in [5.41, 5.74) is 0. The molecule has 0 N–H and O–H groups in total. The predicted molar refractivity (Wildman–Crippen MR) is 48.7 cm³/mol. The van der Waals surface area contributed by atoms with Gasteiger partial charge in [0.1, 0.15) is 0 Å². The van der Waals surface area contributed by atoms with Gasteiger partial charge in [-0.2, -0.15) is 0 Å². The first kappa shape index (κ1) is 8.97. The Balaban J connectivity index is 2.79. The van der Waals surface area contributed by atoms with Crippen molar-refractivity contribution in [3.05, 3.63) is 24.3 Å². The molecule has 1 aliphatic heterocycles. The van der Waals surface area contributed by atoms with E-state index in [0.29, 0.717) is 5.82 Å². The normalized spacial score (nSPS) is 18.9. The third-order valence-corrected chi connectivity index (χ3v) is 1.95. The van der Waals surface area contributed by atoms with Crippen LogP contribution in [0.25, 0.3) is 0 Å². The van der Waals surface area contributed by atoms with Crippen molar-refractivity contribution in [2.75, 3.05) is 13.1 Å². The van der Waals surface area contributed by atoms with Crippen molar-refractivity contribution in [3.8, 4) is 0 Å². The Kier molecular flexibility index (Phi) is 3.02. The van der Waals surface area contributed by atoms with Gasteiger partial charge in [0.2, 0.25) is 0 Å². The molecule has 0 aromatic heterocycles. The molecule has 1 aliphatic rings. The molecule has 2 nitrogen and oxygen atoms in total. The van der Waals surface area contributed by atoms with Crippen LogP contribution in [0.4, 0.5) is 4.39 Å². The molecule has 1 heterocycles. The van der Waals surface area contributed by atoms with Crippen LogP contribution < -0.4 is 0 Å². The zero-order valence-electron chi connectivity index (χ0n) is 7.09. The van der Waals surface area contributed by atoms with E-state index >= 15 is 0 Å². The topological polar surface area (TPSA) is 15.6 Å². The Morgan fingerprint density at radius 1 is 1.42 bits per heavy atom. The van der Waals surface area contributed by atoms with Crippen molar-refractivity contribution in [2.45, 2.75) is 12.8 Å². The molecule has 12 heavy (non-hydrogen) atoms. The first-order valence-corrected chi connectivity index (χ1v) is 4.03. The second-order valence-corrected chi connectivity index (χ2v) is 2.73. The molecule has 0 spiro atoms. The van der Waals surface area contributed by atoms with Crippen molar-refractivity contribution in [3.63, 3.8) is 0 Å². The third kappa shape index (κ3) is 1.72. The van der Waals surface area contributed by atoms with Crippen molar-refractivity contribution in [1.82, 2.24) is 4.90 Å². The Hall–Kier alpha value is -1.12. The molecule has 0 aliphatic carbocycles. The van der Waals surface area contributed by atoms with Crippen molar-refractivity contribution >= 4 is 6.72 Å². The van der Waals surface area contributed by atoms with Crippen LogP contribution in [0.3, 0.4) is 0 Å². The molecule has 1 saturated heterocycles. The van der Waals surface area contributed by atoms with E-state index in [9.17, 15) is 4.39 Å². The van der Waals surface area contributed by atoms with E-state index in [2.05, 4.69) is 18.3 Å². The summed E-state index contributed by atoms with van der Waals surface area (Å²) in [4.78, 5) is 5.54. The largest absolute Gasteiger partial charge is 0.354 e. The Labute approximate surface area is 72.1 Å². The monoisotopic (exact) mass is 168 g/mol. The van der Waals surface area contributed by atoms with Gasteiger partial charge in [0.15, 0.2) is 11.6 Å². The first-order chi connectivity index (χ1) is 5.79. The summed E-state index contributed by atoms with van der Waals surface area (Å²) in [6, 6.07) is 0. The van der Waals surface area contributed by atoms with E-state index < -0.39 is 0 Å². The molecule has 0 atom stereocenters. The standard InChI is InChI=1S/C9H13FN2/c1-3-8(10)9(11-2)12-6-4-5-7-12/h3H,1-2,4-7H2/b9-8-. The maximum absolute atomic E-state index is 13.0. The predicted octanol–water partition coefficient (Wildman–Crippen LogP) is 2.11. The van der Waals surface area contributed by atoms with Gasteiger partial charge in [0.25, 0.3) is 0 Å². The number of likely N-dealkylation sites (tertiary alicyclic amines) is 1. The minimum atomic E-state index is -0.383. The molecule has 0 amide bonds.